The fourth-order valence-electron chi connectivity index (χ4n) is 7.31. The highest BCUT2D eigenvalue weighted by molar-refractivity contribution is 5.80. The van der Waals surface area contributed by atoms with Crippen LogP contribution in [0.25, 0.3) is 33.4 Å². The smallest absolute Gasteiger partial charge is 0.261 e. The molecule has 3 aromatic carbocycles. The van der Waals surface area contributed by atoms with E-state index in [0.29, 0.717) is 23.7 Å². The first-order valence-corrected chi connectivity index (χ1v) is 16.5. The van der Waals surface area contributed by atoms with Crippen molar-refractivity contribution in [3.05, 3.63) is 94.0 Å². The number of aromatic nitrogens is 6. The molecule has 2 aromatic heterocycles. The van der Waals surface area contributed by atoms with Gasteiger partial charge in [-0.15, -0.1) is 10.2 Å². The maximum Gasteiger partial charge on any atom is 0.261 e. The van der Waals surface area contributed by atoms with Crippen LogP contribution in [0.1, 0.15) is 81.3 Å². The second-order valence-electron chi connectivity index (χ2n) is 12.6. The van der Waals surface area contributed by atoms with Crippen LogP contribution >= 0.6 is 0 Å². The summed E-state index contributed by atoms with van der Waals surface area (Å²) >= 11 is 0. The van der Waals surface area contributed by atoms with Crippen LogP contribution in [-0.4, -0.2) is 48.4 Å². The summed E-state index contributed by atoms with van der Waals surface area (Å²) in [6, 6.07) is 22.9. The number of aromatic amines is 1. The second-order valence-corrected chi connectivity index (χ2v) is 12.6. The monoisotopic (exact) mass is 603 g/mol. The molecule has 2 aliphatic rings. The quantitative estimate of drug-likeness (QED) is 0.206. The van der Waals surface area contributed by atoms with Gasteiger partial charge in [-0.25, -0.2) is 4.98 Å². The summed E-state index contributed by atoms with van der Waals surface area (Å²) < 4.78 is 1.89. The number of hydrogen-bond donors (Lipinski definition) is 1. The van der Waals surface area contributed by atoms with Gasteiger partial charge in [0.15, 0.2) is 0 Å². The first-order chi connectivity index (χ1) is 22.1. The minimum absolute atomic E-state index is 0.0234. The normalized spacial score (nSPS) is 20.6. The molecule has 1 saturated carbocycles. The number of rotatable bonds is 8. The minimum atomic E-state index is 0.0234. The van der Waals surface area contributed by atoms with Crippen molar-refractivity contribution in [2.75, 3.05) is 7.05 Å². The summed E-state index contributed by atoms with van der Waals surface area (Å²) in [6.07, 6.45) is 10.3. The predicted molar refractivity (Wildman–Crippen MR) is 175 cm³/mol. The average molecular weight is 604 g/mol. The molecule has 5 aromatic rings. The molecule has 0 bridgehead atoms. The van der Waals surface area contributed by atoms with Crippen molar-refractivity contribution in [3.63, 3.8) is 0 Å². The second kappa shape index (κ2) is 13.0. The Morgan fingerprint density at radius 2 is 1.76 bits per heavy atom. The van der Waals surface area contributed by atoms with Crippen LogP contribution in [0.2, 0.25) is 0 Å². The van der Waals surface area contributed by atoms with Crippen LogP contribution in [0.5, 0.6) is 0 Å². The Bertz CT molecular complexity index is 1820. The zero-order valence-electron chi connectivity index (χ0n) is 26.2. The number of tetrazole rings is 1. The molecule has 45 heavy (non-hydrogen) atoms. The van der Waals surface area contributed by atoms with Crippen molar-refractivity contribution in [2.45, 2.75) is 83.4 Å². The molecule has 0 radical (unpaired) electrons. The van der Waals surface area contributed by atoms with Gasteiger partial charge in [-0.05, 0) is 58.9 Å². The molecule has 0 amide bonds. The third-order valence-electron chi connectivity index (χ3n) is 9.62. The number of nitrogens with zero attached hydrogens (tertiary/aromatic N) is 6. The van der Waals surface area contributed by atoms with E-state index in [0.717, 1.165) is 71.3 Å². The molecule has 0 spiro atoms. The number of aryl methyl sites for hydroxylation is 1. The van der Waals surface area contributed by atoms with Gasteiger partial charge < -0.3 is 0 Å². The van der Waals surface area contributed by atoms with Gasteiger partial charge in [0.1, 0.15) is 5.82 Å². The number of hydroxylamine groups is 2. The third-order valence-corrected chi connectivity index (χ3v) is 9.62. The summed E-state index contributed by atoms with van der Waals surface area (Å²) in [5, 5.41) is 17.3. The van der Waals surface area contributed by atoms with Gasteiger partial charge in [0.2, 0.25) is 5.82 Å². The number of fused-ring (bicyclic) bond motifs is 2. The first-order valence-electron chi connectivity index (χ1n) is 16.5. The van der Waals surface area contributed by atoms with Gasteiger partial charge in [-0.2, -0.15) is 10.3 Å². The van der Waals surface area contributed by atoms with Crippen molar-refractivity contribution in [1.82, 2.24) is 35.2 Å². The van der Waals surface area contributed by atoms with E-state index < -0.39 is 0 Å². The van der Waals surface area contributed by atoms with Crippen LogP contribution < -0.4 is 5.56 Å². The Labute approximate surface area is 263 Å². The largest absolute Gasteiger partial charge is 0.295 e. The fourth-order valence-corrected chi connectivity index (χ4v) is 7.31. The van der Waals surface area contributed by atoms with E-state index in [9.17, 15) is 4.79 Å². The molecule has 232 valence electrons. The minimum Gasteiger partial charge on any atom is -0.295 e. The van der Waals surface area contributed by atoms with Gasteiger partial charge in [-0.3, -0.25) is 14.2 Å². The van der Waals surface area contributed by atoms with Gasteiger partial charge in [0.25, 0.3) is 5.56 Å². The average Bonchev–Trinajstić information content (AvgIpc) is 3.70. The summed E-state index contributed by atoms with van der Waals surface area (Å²) in [5.74, 6) is 1.84. The molecule has 0 unspecified atom stereocenters. The predicted octanol–water partition coefficient (Wildman–Crippen LogP) is 6.89. The maximum absolute atomic E-state index is 14.3. The van der Waals surface area contributed by atoms with Crippen LogP contribution in [0.15, 0.2) is 71.5 Å². The number of nitrogens with one attached hydrogen (secondary N) is 1. The number of hydrogen-bond acceptors (Lipinski definition) is 7. The topological polar surface area (TPSA) is 102 Å². The van der Waals surface area contributed by atoms with E-state index >= 15 is 0 Å². The molecular weight excluding hydrogens is 562 g/mol. The van der Waals surface area contributed by atoms with Gasteiger partial charge in [0, 0.05) is 24.9 Å². The molecule has 1 aliphatic carbocycles. The molecule has 9 nitrogen and oxygen atoms in total. The summed E-state index contributed by atoms with van der Waals surface area (Å²) in [4.78, 5) is 25.7. The highest BCUT2D eigenvalue weighted by Crippen LogP contribution is 2.44. The number of benzene rings is 3. The highest BCUT2D eigenvalue weighted by Gasteiger charge is 2.42. The molecular formula is C36H41N7O2. The van der Waals surface area contributed by atoms with Crippen molar-refractivity contribution >= 4 is 10.9 Å². The van der Waals surface area contributed by atoms with Gasteiger partial charge >= 0.3 is 0 Å². The van der Waals surface area contributed by atoms with Crippen molar-refractivity contribution in [3.8, 4) is 22.5 Å². The Morgan fingerprint density at radius 1 is 0.956 bits per heavy atom. The molecule has 7 rings (SSSR count). The lowest BCUT2D eigenvalue weighted by atomic mass is 9.82. The van der Waals surface area contributed by atoms with Gasteiger partial charge in [0.05, 0.1) is 29.6 Å². The molecule has 3 atom stereocenters. The zero-order chi connectivity index (χ0) is 30.8. The van der Waals surface area contributed by atoms with E-state index in [4.69, 9.17) is 9.82 Å². The molecule has 3 heterocycles. The Morgan fingerprint density at radius 3 is 2.53 bits per heavy atom. The molecule has 9 heteroatoms. The standard InChI is InChI=1S/C36H41N7O2/c1-3-4-15-33-37-31-21-20-26(34-29-13-7-5-6-8-14-32(29)45-42(34)2)22-30(31)36(44)43(33)23-24-16-18-25(19-17-24)27-11-9-10-12-28(27)35-38-40-41-39-35/h9-12,16-22,29,32,34H,3-8,13-15,23H2,1-2H3,(H,38,39,40,41)/t29-,32+,34+/m1/s1. The summed E-state index contributed by atoms with van der Waals surface area (Å²) in [7, 11) is 2.05. The molecule has 2 fully saturated rings. The Balaban J connectivity index is 1.22. The number of H-pyrrole nitrogens is 1. The lowest BCUT2D eigenvalue weighted by molar-refractivity contribution is -0.146. The number of unbranched alkanes of at least 4 members (excludes halogenated alkanes) is 1. The van der Waals surface area contributed by atoms with E-state index in [1.165, 1.54) is 25.7 Å². The van der Waals surface area contributed by atoms with Crippen LogP contribution in [0.4, 0.5) is 0 Å². The Hall–Kier alpha value is -4.21. The van der Waals surface area contributed by atoms with Crippen molar-refractivity contribution in [2.24, 2.45) is 5.92 Å². The van der Waals surface area contributed by atoms with Gasteiger partial charge in [-0.1, -0.05) is 93.6 Å². The molecule has 1 saturated heterocycles. The SMILES string of the molecule is CCCCc1nc2ccc([C@H]3[C@@H]4CCCCCC[C@@H]4ON3C)cc2c(=O)n1Cc1ccc(-c2ccccc2-c2nn[nH]n2)cc1. The van der Waals surface area contributed by atoms with E-state index in [1.807, 2.05) is 33.9 Å². The van der Waals surface area contributed by atoms with E-state index in [1.54, 1.807) is 0 Å². The maximum atomic E-state index is 14.3. The summed E-state index contributed by atoms with van der Waals surface area (Å²) in [5.41, 5.74) is 5.98. The van der Waals surface area contributed by atoms with Crippen LogP contribution in [0, 0.1) is 5.92 Å². The van der Waals surface area contributed by atoms with Crippen LogP contribution in [-0.2, 0) is 17.8 Å². The third kappa shape index (κ3) is 5.94. The molecule has 1 N–H and O–H groups in total. The summed E-state index contributed by atoms with van der Waals surface area (Å²) in [6.45, 7) is 2.64. The Kier molecular flexibility index (Phi) is 8.54. The van der Waals surface area contributed by atoms with Crippen molar-refractivity contribution in [1.29, 1.82) is 0 Å². The highest BCUT2D eigenvalue weighted by atomic mass is 16.7. The van der Waals surface area contributed by atoms with E-state index in [2.05, 4.69) is 77.1 Å². The molecule has 1 aliphatic heterocycles. The lowest BCUT2D eigenvalue weighted by Crippen LogP contribution is -2.27. The van der Waals surface area contributed by atoms with E-state index in [-0.39, 0.29) is 17.7 Å². The fraction of sp³-hybridized carbons (Fsp3) is 0.417. The first kappa shape index (κ1) is 29.5. The lowest BCUT2D eigenvalue weighted by Gasteiger charge is -2.25. The zero-order valence-corrected chi connectivity index (χ0v) is 26.2. The van der Waals surface area contributed by atoms with Crippen LogP contribution in [0.3, 0.4) is 0 Å². The van der Waals surface area contributed by atoms with Crippen molar-refractivity contribution < 1.29 is 4.84 Å².